The van der Waals surface area contributed by atoms with Gasteiger partial charge in [-0.1, -0.05) is 40.5 Å². The van der Waals surface area contributed by atoms with E-state index >= 15 is 0 Å². The molecule has 0 aliphatic rings. The molecule has 2 unspecified atom stereocenters. The summed E-state index contributed by atoms with van der Waals surface area (Å²) in [6, 6.07) is 7.87. The van der Waals surface area contributed by atoms with Gasteiger partial charge in [0.1, 0.15) is 12.4 Å². The lowest BCUT2D eigenvalue weighted by Gasteiger charge is -2.16. The quantitative estimate of drug-likeness (QED) is 0.820. The zero-order valence-electron chi connectivity index (χ0n) is 11.1. The van der Waals surface area contributed by atoms with E-state index in [0.717, 1.165) is 12.2 Å². The average Bonchev–Trinajstić information content (AvgIpc) is 2.37. The number of halogens is 1. The number of nitrogens with one attached hydrogen (secondary N) is 1. The number of rotatable bonds is 6. The third kappa shape index (κ3) is 5.08. The van der Waals surface area contributed by atoms with Crippen molar-refractivity contribution in [3.8, 4) is 5.75 Å². The Labute approximate surface area is 117 Å². The molecule has 0 aromatic heterocycles. The maximum Gasteiger partial charge on any atom is 0.234 e. The van der Waals surface area contributed by atoms with Crippen molar-refractivity contribution in [3.05, 3.63) is 29.8 Å². The van der Waals surface area contributed by atoms with Crippen molar-refractivity contribution in [2.75, 3.05) is 6.61 Å². The lowest BCUT2D eigenvalue weighted by Crippen LogP contribution is -2.40. The summed E-state index contributed by atoms with van der Waals surface area (Å²) < 4.78 is 5.61. The minimum absolute atomic E-state index is 0.00889. The van der Waals surface area contributed by atoms with Crippen LogP contribution < -0.4 is 10.1 Å². The van der Waals surface area contributed by atoms with Crippen LogP contribution in [0.1, 0.15) is 25.8 Å². The van der Waals surface area contributed by atoms with Crippen molar-refractivity contribution in [2.45, 2.75) is 38.1 Å². The summed E-state index contributed by atoms with van der Waals surface area (Å²) in [4.78, 5) is 11.5. The highest BCUT2D eigenvalue weighted by Crippen LogP contribution is 2.11. The molecule has 0 saturated heterocycles. The minimum Gasteiger partial charge on any atom is -0.491 e. The zero-order chi connectivity index (χ0) is 13.5. The van der Waals surface area contributed by atoms with Gasteiger partial charge in [0.05, 0.1) is 10.9 Å². The Morgan fingerprint density at radius 1 is 1.39 bits per heavy atom. The fourth-order valence-corrected chi connectivity index (χ4v) is 1.55. The molecule has 0 fully saturated rings. The van der Waals surface area contributed by atoms with E-state index < -0.39 is 0 Å². The molecule has 1 rings (SSSR count). The summed E-state index contributed by atoms with van der Waals surface area (Å²) in [5.74, 6) is 0.838. The van der Waals surface area contributed by atoms with Gasteiger partial charge in [0.25, 0.3) is 0 Å². The molecule has 2 atom stereocenters. The van der Waals surface area contributed by atoms with Crippen LogP contribution in [0, 0.1) is 6.92 Å². The van der Waals surface area contributed by atoms with Crippen molar-refractivity contribution >= 4 is 21.8 Å². The van der Waals surface area contributed by atoms with Gasteiger partial charge in [0.2, 0.25) is 5.91 Å². The summed E-state index contributed by atoms with van der Waals surface area (Å²) in [6.45, 7) is 6.40. The van der Waals surface area contributed by atoms with Crippen LogP contribution in [0.25, 0.3) is 0 Å². The van der Waals surface area contributed by atoms with E-state index in [4.69, 9.17) is 4.74 Å². The maximum absolute atomic E-state index is 11.6. The monoisotopic (exact) mass is 313 g/mol. The smallest absolute Gasteiger partial charge is 0.234 e. The van der Waals surface area contributed by atoms with E-state index in [1.165, 1.54) is 5.56 Å². The number of hydrogen-bond acceptors (Lipinski definition) is 2. The molecule has 0 spiro atoms. The van der Waals surface area contributed by atoms with Crippen molar-refractivity contribution < 1.29 is 9.53 Å². The van der Waals surface area contributed by atoms with Crippen LogP contribution in [0.4, 0.5) is 0 Å². The van der Waals surface area contributed by atoms with Gasteiger partial charge in [-0.3, -0.25) is 4.79 Å². The molecule has 1 aromatic rings. The van der Waals surface area contributed by atoms with Crippen molar-refractivity contribution in [1.29, 1.82) is 0 Å². The molecule has 3 nitrogen and oxygen atoms in total. The third-order valence-electron chi connectivity index (χ3n) is 2.55. The second-order valence-electron chi connectivity index (χ2n) is 4.41. The number of hydrogen-bond donors (Lipinski definition) is 1. The van der Waals surface area contributed by atoms with Crippen LogP contribution >= 0.6 is 15.9 Å². The fraction of sp³-hybridized carbons (Fsp3) is 0.500. The third-order valence-corrected chi connectivity index (χ3v) is 3.62. The van der Waals surface area contributed by atoms with Gasteiger partial charge in [-0.25, -0.2) is 0 Å². The first-order valence-electron chi connectivity index (χ1n) is 6.16. The van der Waals surface area contributed by atoms with Gasteiger partial charge in [-0.2, -0.15) is 0 Å². The molecule has 0 bridgehead atoms. The Bertz CT molecular complexity index is 378. The highest BCUT2D eigenvalue weighted by molar-refractivity contribution is 9.10. The molecule has 0 saturated carbocycles. The molecule has 18 heavy (non-hydrogen) atoms. The number of alkyl halides is 1. The maximum atomic E-state index is 11.6. The second-order valence-corrected chi connectivity index (χ2v) is 5.51. The Balaban J connectivity index is 2.35. The lowest BCUT2D eigenvalue weighted by molar-refractivity contribution is -0.121. The van der Waals surface area contributed by atoms with Crippen LogP contribution in [0.15, 0.2) is 24.3 Å². The molecule has 1 amide bonds. The Morgan fingerprint density at radius 2 is 2.00 bits per heavy atom. The molecular weight excluding hydrogens is 294 g/mol. The molecular formula is C14H20BrNO2. The van der Waals surface area contributed by atoms with Gasteiger partial charge in [-0.05, 0) is 32.4 Å². The number of aryl methyl sites for hydroxylation is 1. The topological polar surface area (TPSA) is 38.3 Å². The number of ether oxygens (including phenoxy) is 1. The Hall–Kier alpha value is -1.03. The van der Waals surface area contributed by atoms with Gasteiger partial charge >= 0.3 is 0 Å². The average molecular weight is 314 g/mol. The molecule has 4 heteroatoms. The van der Waals surface area contributed by atoms with E-state index in [9.17, 15) is 4.79 Å². The van der Waals surface area contributed by atoms with E-state index in [1.807, 2.05) is 45.0 Å². The summed E-state index contributed by atoms with van der Waals surface area (Å²) in [5, 5.41) is 2.90. The second kappa shape index (κ2) is 7.41. The predicted molar refractivity (Wildman–Crippen MR) is 77.3 cm³/mol. The summed E-state index contributed by atoms with van der Waals surface area (Å²) in [5.41, 5.74) is 1.20. The first-order valence-corrected chi connectivity index (χ1v) is 7.08. The van der Waals surface area contributed by atoms with Crippen LogP contribution in [-0.2, 0) is 4.79 Å². The number of carbonyl (C=O) groups excluding carboxylic acids is 1. The molecule has 0 aliphatic heterocycles. The van der Waals surface area contributed by atoms with Crippen LogP contribution in [0.2, 0.25) is 0 Å². The van der Waals surface area contributed by atoms with Crippen LogP contribution in [-0.4, -0.2) is 23.4 Å². The molecule has 0 heterocycles. The normalized spacial score (nSPS) is 13.8. The molecule has 1 aromatic carbocycles. The summed E-state index contributed by atoms with van der Waals surface area (Å²) in [6.07, 6.45) is 0.775. The minimum atomic E-state index is -0.126. The summed E-state index contributed by atoms with van der Waals surface area (Å²) >= 11 is 3.32. The first-order chi connectivity index (χ1) is 8.52. The first kappa shape index (κ1) is 15.0. The number of benzene rings is 1. The van der Waals surface area contributed by atoms with E-state index in [-0.39, 0.29) is 16.8 Å². The van der Waals surface area contributed by atoms with Crippen LogP contribution in [0.3, 0.4) is 0 Å². The Morgan fingerprint density at radius 3 is 2.56 bits per heavy atom. The van der Waals surface area contributed by atoms with Gasteiger partial charge in [-0.15, -0.1) is 0 Å². The summed E-state index contributed by atoms with van der Waals surface area (Å²) in [7, 11) is 0. The molecule has 1 N–H and O–H groups in total. The fourth-order valence-electron chi connectivity index (χ4n) is 1.42. The predicted octanol–water partition coefficient (Wildman–Crippen LogP) is 3.05. The number of carbonyl (C=O) groups is 1. The number of amides is 1. The SMILES string of the molecule is CCC(Br)C(=O)NC(C)COc1ccc(C)cc1. The molecule has 0 radical (unpaired) electrons. The van der Waals surface area contributed by atoms with Crippen molar-refractivity contribution in [2.24, 2.45) is 0 Å². The zero-order valence-corrected chi connectivity index (χ0v) is 12.7. The van der Waals surface area contributed by atoms with E-state index in [2.05, 4.69) is 21.2 Å². The highest BCUT2D eigenvalue weighted by Gasteiger charge is 2.14. The van der Waals surface area contributed by atoms with E-state index in [0.29, 0.717) is 6.61 Å². The van der Waals surface area contributed by atoms with Gasteiger partial charge < -0.3 is 10.1 Å². The highest BCUT2D eigenvalue weighted by atomic mass is 79.9. The largest absolute Gasteiger partial charge is 0.491 e. The van der Waals surface area contributed by atoms with Gasteiger partial charge in [0.15, 0.2) is 0 Å². The lowest BCUT2D eigenvalue weighted by atomic mass is 10.2. The van der Waals surface area contributed by atoms with E-state index in [1.54, 1.807) is 0 Å². The van der Waals surface area contributed by atoms with Crippen molar-refractivity contribution in [3.63, 3.8) is 0 Å². The molecule has 0 aliphatic carbocycles. The Kier molecular flexibility index (Phi) is 6.19. The van der Waals surface area contributed by atoms with Crippen molar-refractivity contribution in [1.82, 2.24) is 5.32 Å². The van der Waals surface area contributed by atoms with Gasteiger partial charge in [0, 0.05) is 0 Å². The van der Waals surface area contributed by atoms with Crippen LogP contribution in [0.5, 0.6) is 5.75 Å². The standard InChI is InChI=1S/C14H20BrNO2/c1-4-13(15)14(17)16-11(3)9-18-12-7-5-10(2)6-8-12/h5-8,11,13H,4,9H2,1-3H3,(H,16,17). The molecule has 100 valence electrons.